The maximum Gasteiger partial charge on any atom is 0.123 e. The number of halogens is 3. The van der Waals surface area contributed by atoms with Crippen molar-refractivity contribution in [2.75, 3.05) is 6.54 Å². The van der Waals surface area contributed by atoms with Crippen LogP contribution in [0.1, 0.15) is 25.5 Å². The molecule has 2 rings (SSSR count). The minimum atomic E-state index is -0.228. The molecule has 0 saturated heterocycles. The standard InChI is InChI=1S/C16H16Cl2FNS/c1-3-20-10(2)13-8-11(19)4-7-16(13)21-12-5-6-14(17)15(18)9-12/h4-10,20H,3H2,1-2H3. The van der Waals surface area contributed by atoms with Gasteiger partial charge in [0.25, 0.3) is 0 Å². The lowest BCUT2D eigenvalue weighted by molar-refractivity contribution is 0.574. The number of rotatable bonds is 5. The molecule has 0 aliphatic rings. The fourth-order valence-electron chi connectivity index (χ4n) is 2.03. The van der Waals surface area contributed by atoms with Gasteiger partial charge in [-0.05, 0) is 55.4 Å². The smallest absolute Gasteiger partial charge is 0.123 e. The maximum atomic E-state index is 13.5. The first-order valence-corrected chi connectivity index (χ1v) is 8.24. The SMILES string of the molecule is CCNC(C)c1cc(F)ccc1Sc1ccc(Cl)c(Cl)c1. The van der Waals surface area contributed by atoms with E-state index in [9.17, 15) is 4.39 Å². The largest absolute Gasteiger partial charge is 0.310 e. The van der Waals surface area contributed by atoms with E-state index in [4.69, 9.17) is 23.2 Å². The second-order valence-electron chi connectivity index (χ2n) is 4.64. The zero-order chi connectivity index (χ0) is 15.4. The first kappa shape index (κ1) is 16.6. The molecule has 5 heteroatoms. The number of benzene rings is 2. The Hall–Kier alpha value is -0.740. The van der Waals surface area contributed by atoms with Gasteiger partial charge in [0.1, 0.15) is 5.82 Å². The van der Waals surface area contributed by atoms with Gasteiger partial charge in [-0.15, -0.1) is 0 Å². The molecule has 0 heterocycles. The topological polar surface area (TPSA) is 12.0 Å². The predicted octanol–water partition coefficient (Wildman–Crippen LogP) is 5.95. The zero-order valence-corrected chi connectivity index (χ0v) is 14.1. The fraction of sp³-hybridized carbons (Fsp3) is 0.250. The van der Waals surface area contributed by atoms with Gasteiger partial charge in [0.15, 0.2) is 0 Å². The minimum Gasteiger partial charge on any atom is -0.310 e. The summed E-state index contributed by atoms with van der Waals surface area (Å²) in [6, 6.07) is 10.4. The summed E-state index contributed by atoms with van der Waals surface area (Å²) in [5, 5.41) is 4.36. The van der Waals surface area contributed by atoms with Gasteiger partial charge in [0.2, 0.25) is 0 Å². The molecule has 0 aromatic heterocycles. The summed E-state index contributed by atoms with van der Waals surface area (Å²) in [4.78, 5) is 1.98. The average Bonchev–Trinajstić information content (AvgIpc) is 2.45. The monoisotopic (exact) mass is 343 g/mol. The van der Waals surface area contributed by atoms with Crippen LogP contribution >= 0.6 is 35.0 Å². The lowest BCUT2D eigenvalue weighted by Crippen LogP contribution is -2.18. The third-order valence-corrected chi connectivity index (χ3v) is 4.89. The molecular weight excluding hydrogens is 328 g/mol. The van der Waals surface area contributed by atoms with Crippen LogP contribution in [0.15, 0.2) is 46.2 Å². The van der Waals surface area contributed by atoms with Crippen LogP contribution in [0.5, 0.6) is 0 Å². The quantitative estimate of drug-likeness (QED) is 0.719. The molecule has 0 spiro atoms. The Morgan fingerprint density at radius 3 is 2.57 bits per heavy atom. The Morgan fingerprint density at radius 2 is 1.90 bits per heavy atom. The Labute approximate surface area is 138 Å². The third-order valence-electron chi connectivity index (χ3n) is 3.07. The van der Waals surface area contributed by atoms with Crippen molar-refractivity contribution >= 4 is 35.0 Å². The highest BCUT2D eigenvalue weighted by molar-refractivity contribution is 7.99. The van der Waals surface area contributed by atoms with E-state index in [0.717, 1.165) is 21.9 Å². The second kappa shape index (κ2) is 7.50. The van der Waals surface area contributed by atoms with Gasteiger partial charge >= 0.3 is 0 Å². The van der Waals surface area contributed by atoms with Crippen molar-refractivity contribution in [3.8, 4) is 0 Å². The highest BCUT2D eigenvalue weighted by Gasteiger charge is 2.12. The van der Waals surface area contributed by atoms with Crippen molar-refractivity contribution in [2.45, 2.75) is 29.7 Å². The van der Waals surface area contributed by atoms with Crippen LogP contribution in [0.2, 0.25) is 10.0 Å². The van der Waals surface area contributed by atoms with E-state index in [1.165, 1.54) is 6.07 Å². The molecule has 0 bridgehead atoms. The van der Waals surface area contributed by atoms with Crippen molar-refractivity contribution in [3.63, 3.8) is 0 Å². The summed E-state index contributed by atoms with van der Waals surface area (Å²) >= 11 is 13.5. The molecule has 2 aromatic carbocycles. The molecule has 112 valence electrons. The zero-order valence-electron chi connectivity index (χ0n) is 11.8. The molecular formula is C16H16Cl2FNS. The van der Waals surface area contributed by atoms with Gasteiger partial charge in [0.05, 0.1) is 10.0 Å². The molecule has 1 nitrogen and oxygen atoms in total. The van der Waals surface area contributed by atoms with Crippen LogP contribution in [0.3, 0.4) is 0 Å². The Bertz CT molecular complexity index is 634. The summed E-state index contributed by atoms with van der Waals surface area (Å²) in [5.41, 5.74) is 0.938. The van der Waals surface area contributed by atoms with Crippen molar-refractivity contribution in [3.05, 3.63) is 57.8 Å². The van der Waals surface area contributed by atoms with Crippen LogP contribution in [-0.4, -0.2) is 6.54 Å². The molecule has 1 unspecified atom stereocenters. The molecule has 21 heavy (non-hydrogen) atoms. The first-order valence-electron chi connectivity index (χ1n) is 6.67. The highest BCUT2D eigenvalue weighted by atomic mass is 35.5. The van der Waals surface area contributed by atoms with Gasteiger partial charge < -0.3 is 5.32 Å². The van der Waals surface area contributed by atoms with Gasteiger partial charge in [-0.1, -0.05) is 41.9 Å². The van der Waals surface area contributed by atoms with E-state index in [-0.39, 0.29) is 11.9 Å². The molecule has 0 aliphatic carbocycles. The molecule has 0 fully saturated rings. The average molecular weight is 344 g/mol. The third kappa shape index (κ3) is 4.36. The fourth-order valence-corrected chi connectivity index (χ4v) is 3.45. The van der Waals surface area contributed by atoms with Crippen LogP contribution in [0.4, 0.5) is 4.39 Å². The Kier molecular flexibility index (Phi) is 5.94. The van der Waals surface area contributed by atoms with Gasteiger partial charge in [0, 0.05) is 15.8 Å². The summed E-state index contributed by atoms with van der Waals surface area (Å²) in [6.07, 6.45) is 0. The highest BCUT2D eigenvalue weighted by Crippen LogP contribution is 2.36. The Balaban J connectivity index is 2.32. The minimum absolute atomic E-state index is 0.0796. The molecule has 0 saturated carbocycles. The van der Waals surface area contributed by atoms with Crippen molar-refractivity contribution in [2.24, 2.45) is 0 Å². The number of hydrogen-bond acceptors (Lipinski definition) is 2. The van der Waals surface area contributed by atoms with E-state index in [1.54, 1.807) is 30.0 Å². The molecule has 1 atom stereocenters. The van der Waals surface area contributed by atoms with Crippen LogP contribution < -0.4 is 5.32 Å². The second-order valence-corrected chi connectivity index (χ2v) is 6.57. The first-order chi connectivity index (χ1) is 10.0. The van der Waals surface area contributed by atoms with E-state index in [2.05, 4.69) is 5.32 Å². The van der Waals surface area contributed by atoms with Crippen LogP contribution in [0, 0.1) is 5.82 Å². The van der Waals surface area contributed by atoms with Crippen LogP contribution in [-0.2, 0) is 0 Å². The molecule has 0 radical (unpaired) electrons. The Morgan fingerprint density at radius 1 is 1.14 bits per heavy atom. The van der Waals surface area contributed by atoms with Crippen LogP contribution in [0.25, 0.3) is 0 Å². The molecule has 2 aromatic rings. The van der Waals surface area contributed by atoms with E-state index in [1.807, 2.05) is 26.0 Å². The normalized spacial score (nSPS) is 12.4. The van der Waals surface area contributed by atoms with Crippen molar-refractivity contribution in [1.82, 2.24) is 5.32 Å². The van der Waals surface area contributed by atoms with Gasteiger partial charge in [-0.25, -0.2) is 4.39 Å². The van der Waals surface area contributed by atoms with E-state index < -0.39 is 0 Å². The van der Waals surface area contributed by atoms with Crippen molar-refractivity contribution < 1.29 is 4.39 Å². The van der Waals surface area contributed by atoms with Crippen molar-refractivity contribution in [1.29, 1.82) is 0 Å². The lowest BCUT2D eigenvalue weighted by Gasteiger charge is -2.17. The van der Waals surface area contributed by atoms with E-state index >= 15 is 0 Å². The summed E-state index contributed by atoms with van der Waals surface area (Å²) in [7, 11) is 0. The predicted molar refractivity (Wildman–Crippen MR) is 89.1 cm³/mol. The molecule has 0 amide bonds. The summed E-state index contributed by atoms with van der Waals surface area (Å²) < 4.78 is 13.5. The molecule has 0 aliphatic heterocycles. The summed E-state index contributed by atoms with van der Waals surface area (Å²) in [5.74, 6) is -0.228. The number of nitrogens with one attached hydrogen (secondary N) is 1. The number of hydrogen-bond donors (Lipinski definition) is 1. The van der Waals surface area contributed by atoms with Gasteiger partial charge in [-0.3, -0.25) is 0 Å². The van der Waals surface area contributed by atoms with Gasteiger partial charge in [-0.2, -0.15) is 0 Å². The van der Waals surface area contributed by atoms with E-state index in [0.29, 0.717) is 10.0 Å². The molecule has 1 N–H and O–H groups in total. The lowest BCUT2D eigenvalue weighted by atomic mass is 10.1. The summed E-state index contributed by atoms with van der Waals surface area (Å²) in [6.45, 7) is 4.88. The maximum absolute atomic E-state index is 13.5.